The molecule has 0 saturated heterocycles. The minimum absolute atomic E-state index is 0.0320. The second kappa shape index (κ2) is 7.78. The van der Waals surface area contributed by atoms with Crippen LogP contribution in [0.4, 0.5) is 0 Å². The van der Waals surface area contributed by atoms with Crippen LogP contribution < -0.4 is 10.9 Å². The maximum Gasteiger partial charge on any atom is 0.254 e. The first-order valence-corrected chi connectivity index (χ1v) is 8.57. The molecule has 1 unspecified atom stereocenters. The Morgan fingerprint density at radius 2 is 2.36 bits per heavy atom. The summed E-state index contributed by atoms with van der Waals surface area (Å²) in [6.45, 7) is 7.02. The number of amides is 1. The molecule has 22 heavy (non-hydrogen) atoms. The van der Waals surface area contributed by atoms with E-state index in [0.29, 0.717) is 24.7 Å². The van der Waals surface area contributed by atoms with E-state index in [9.17, 15) is 9.59 Å². The molecule has 0 bridgehead atoms. The Balaban J connectivity index is 1.81. The number of fused-ring (bicyclic) bond motifs is 1. The predicted octanol–water partition coefficient (Wildman–Crippen LogP) is 1.52. The van der Waals surface area contributed by atoms with Crippen molar-refractivity contribution in [2.45, 2.75) is 50.9 Å². The van der Waals surface area contributed by atoms with Gasteiger partial charge in [0.05, 0.1) is 12.1 Å². The van der Waals surface area contributed by atoms with Crippen molar-refractivity contribution < 1.29 is 9.53 Å². The highest BCUT2D eigenvalue weighted by atomic mass is 32.2. The van der Waals surface area contributed by atoms with E-state index in [1.807, 2.05) is 20.8 Å². The first-order valence-electron chi connectivity index (χ1n) is 7.58. The second-order valence-electron chi connectivity index (χ2n) is 5.68. The third-order valence-corrected chi connectivity index (χ3v) is 4.43. The standard InChI is InChI=1S/C15H23N3O3S/c1-10(2)21-6-4-5-16-13(19)8-12-9-22-15-17-11(3)7-14(20)18(12)15/h7,10,12H,4-6,8-9H2,1-3H3,(H,16,19). The molecule has 1 aromatic heterocycles. The SMILES string of the molecule is Cc1cc(=O)n2c(n1)SCC2CC(=O)NCCCOC(C)C. The lowest BCUT2D eigenvalue weighted by atomic mass is 10.2. The van der Waals surface area contributed by atoms with Crippen LogP contribution in [0.25, 0.3) is 0 Å². The van der Waals surface area contributed by atoms with E-state index in [-0.39, 0.29) is 23.6 Å². The van der Waals surface area contributed by atoms with Gasteiger partial charge in [-0.1, -0.05) is 11.8 Å². The molecular formula is C15H23N3O3S. The molecule has 0 aromatic carbocycles. The Morgan fingerprint density at radius 3 is 3.09 bits per heavy atom. The molecule has 0 saturated carbocycles. The molecule has 1 N–H and O–H groups in total. The number of aryl methyl sites for hydroxylation is 1. The fraction of sp³-hybridized carbons (Fsp3) is 0.667. The van der Waals surface area contributed by atoms with E-state index >= 15 is 0 Å². The maximum atomic E-state index is 12.0. The van der Waals surface area contributed by atoms with Gasteiger partial charge in [0.1, 0.15) is 0 Å². The summed E-state index contributed by atoms with van der Waals surface area (Å²) in [5, 5.41) is 3.60. The van der Waals surface area contributed by atoms with Gasteiger partial charge in [0, 0.05) is 37.1 Å². The highest BCUT2D eigenvalue weighted by molar-refractivity contribution is 7.99. The number of aromatic nitrogens is 2. The molecule has 6 nitrogen and oxygen atoms in total. The highest BCUT2D eigenvalue weighted by Gasteiger charge is 2.27. The molecule has 2 heterocycles. The zero-order valence-electron chi connectivity index (χ0n) is 13.3. The van der Waals surface area contributed by atoms with Gasteiger partial charge >= 0.3 is 0 Å². The lowest BCUT2D eigenvalue weighted by molar-refractivity contribution is -0.121. The minimum Gasteiger partial charge on any atom is -0.379 e. The van der Waals surface area contributed by atoms with Gasteiger partial charge in [0.25, 0.3) is 5.56 Å². The van der Waals surface area contributed by atoms with E-state index in [1.165, 1.54) is 17.8 Å². The van der Waals surface area contributed by atoms with Gasteiger partial charge in [-0.15, -0.1) is 0 Å². The summed E-state index contributed by atoms with van der Waals surface area (Å²) in [4.78, 5) is 28.4. The van der Waals surface area contributed by atoms with Gasteiger partial charge in [-0.2, -0.15) is 0 Å². The monoisotopic (exact) mass is 325 g/mol. The molecule has 1 aliphatic rings. The molecule has 0 fully saturated rings. The molecule has 1 amide bonds. The van der Waals surface area contributed by atoms with Gasteiger partial charge < -0.3 is 10.1 Å². The van der Waals surface area contributed by atoms with E-state index in [4.69, 9.17) is 4.74 Å². The van der Waals surface area contributed by atoms with Gasteiger partial charge in [-0.25, -0.2) is 4.98 Å². The van der Waals surface area contributed by atoms with Crippen LogP contribution in [0.2, 0.25) is 0 Å². The predicted molar refractivity (Wildman–Crippen MR) is 86.3 cm³/mol. The van der Waals surface area contributed by atoms with E-state index in [0.717, 1.165) is 17.9 Å². The van der Waals surface area contributed by atoms with Crippen molar-refractivity contribution in [3.63, 3.8) is 0 Å². The fourth-order valence-electron chi connectivity index (χ4n) is 2.32. The summed E-state index contributed by atoms with van der Waals surface area (Å²) in [6, 6.07) is 1.41. The number of hydrogen-bond donors (Lipinski definition) is 1. The van der Waals surface area contributed by atoms with Crippen LogP contribution >= 0.6 is 11.8 Å². The summed E-state index contributed by atoms with van der Waals surface area (Å²) in [5.74, 6) is 0.686. The number of carbonyl (C=O) groups excluding carboxylic acids is 1. The quantitative estimate of drug-likeness (QED) is 0.608. The second-order valence-corrected chi connectivity index (χ2v) is 6.67. The summed E-state index contributed by atoms with van der Waals surface area (Å²) >= 11 is 1.53. The van der Waals surface area contributed by atoms with Gasteiger partial charge in [0.2, 0.25) is 5.91 Å². The van der Waals surface area contributed by atoms with Crippen LogP contribution in [0.1, 0.15) is 38.4 Å². The Kier molecular flexibility index (Phi) is 6.02. The normalized spacial score (nSPS) is 16.8. The molecule has 122 valence electrons. The number of nitrogens with one attached hydrogen (secondary N) is 1. The summed E-state index contributed by atoms with van der Waals surface area (Å²) in [5.41, 5.74) is 0.648. The average molecular weight is 325 g/mol. The third-order valence-electron chi connectivity index (χ3n) is 3.33. The van der Waals surface area contributed by atoms with E-state index in [2.05, 4.69) is 10.3 Å². The zero-order chi connectivity index (χ0) is 16.1. The molecule has 1 aromatic rings. The van der Waals surface area contributed by atoms with Crippen molar-refractivity contribution in [1.29, 1.82) is 0 Å². The first-order chi connectivity index (χ1) is 10.5. The minimum atomic E-state index is -0.104. The van der Waals surface area contributed by atoms with Crippen molar-refractivity contribution in [1.82, 2.24) is 14.9 Å². The molecule has 0 aliphatic carbocycles. The topological polar surface area (TPSA) is 73.2 Å². The van der Waals surface area contributed by atoms with Gasteiger partial charge in [0.15, 0.2) is 5.16 Å². The fourth-order valence-corrected chi connectivity index (χ4v) is 3.51. The molecule has 1 atom stereocenters. The van der Waals surface area contributed by atoms with Gasteiger partial charge in [-0.3, -0.25) is 14.2 Å². The van der Waals surface area contributed by atoms with Crippen LogP contribution in [0.3, 0.4) is 0 Å². The molecule has 2 rings (SSSR count). The molecule has 0 spiro atoms. The van der Waals surface area contributed by atoms with Crippen molar-refractivity contribution in [2.75, 3.05) is 18.9 Å². The smallest absolute Gasteiger partial charge is 0.254 e. The molecular weight excluding hydrogens is 302 g/mol. The molecule has 1 aliphatic heterocycles. The molecule has 7 heteroatoms. The lowest BCUT2D eigenvalue weighted by Crippen LogP contribution is -2.31. The van der Waals surface area contributed by atoms with Crippen molar-refractivity contribution in [3.8, 4) is 0 Å². The number of nitrogens with zero attached hydrogens (tertiary/aromatic N) is 2. The van der Waals surface area contributed by atoms with Crippen LogP contribution in [0, 0.1) is 6.92 Å². The Hall–Kier alpha value is -1.34. The molecule has 0 radical (unpaired) electrons. The zero-order valence-corrected chi connectivity index (χ0v) is 14.1. The number of rotatable bonds is 7. The number of ether oxygens (including phenoxy) is 1. The summed E-state index contributed by atoms with van der Waals surface area (Å²) < 4.78 is 7.06. The van der Waals surface area contributed by atoms with E-state index in [1.54, 1.807) is 4.57 Å². The maximum absolute atomic E-state index is 12.0. The van der Waals surface area contributed by atoms with Crippen molar-refractivity contribution >= 4 is 17.7 Å². The summed E-state index contributed by atoms with van der Waals surface area (Å²) in [7, 11) is 0. The third kappa shape index (κ3) is 4.58. The Labute approximate surface area is 134 Å². The van der Waals surface area contributed by atoms with Crippen LogP contribution in [0.15, 0.2) is 16.0 Å². The highest BCUT2D eigenvalue weighted by Crippen LogP contribution is 2.31. The summed E-state index contributed by atoms with van der Waals surface area (Å²) in [6.07, 6.45) is 1.32. The van der Waals surface area contributed by atoms with Crippen LogP contribution in [-0.2, 0) is 9.53 Å². The lowest BCUT2D eigenvalue weighted by Gasteiger charge is -2.13. The van der Waals surface area contributed by atoms with Crippen LogP contribution in [-0.4, -0.2) is 40.5 Å². The number of thioether (sulfide) groups is 1. The first kappa shape index (κ1) is 17.0. The van der Waals surface area contributed by atoms with Gasteiger partial charge in [-0.05, 0) is 27.2 Å². The van der Waals surface area contributed by atoms with Crippen molar-refractivity contribution in [3.05, 3.63) is 22.1 Å². The van der Waals surface area contributed by atoms with Crippen LogP contribution in [0.5, 0.6) is 0 Å². The van der Waals surface area contributed by atoms with Crippen molar-refractivity contribution in [2.24, 2.45) is 0 Å². The largest absolute Gasteiger partial charge is 0.379 e. The number of hydrogen-bond acceptors (Lipinski definition) is 5. The Morgan fingerprint density at radius 1 is 1.59 bits per heavy atom. The Bertz CT molecular complexity index is 586. The average Bonchev–Trinajstić information content (AvgIpc) is 2.81. The van der Waals surface area contributed by atoms with E-state index < -0.39 is 0 Å². The number of carbonyl (C=O) groups is 1.